The number of carbonyl (C=O) groups excluding carboxylic acids is 1. The van der Waals surface area contributed by atoms with E-state index >= 15 is 0 Å². The maximum Gasteiger partial charge on any atom is 0.272 e. The number of ether oxygens (including phenoxy) is 1. The summed E-state index contributed by atoms with van der Waals surface area (Å²) < 4.78 is 9.95. The molecule has 0 bridgehead atoms. The van der Waals surface area contributed by atoms with Crippen LogP contribution >= 0.6 is 23.1 Å². The Balaban J connectivity index is 1.43. The lowest BCUT2D eigenvalue weighted by molar-refractivity contribution is -0.113. The Bertz CT molecular complexity index is 1380. The van der Waals surface area contributed by atoms with Gasteiger partial charge in [0, 0.05) is 12.3 Å². The zero-order valence-electron chi connectivity index (χ0n) is 18.5. The van der Waals surface area contributed by atoms with Crippen molar-refractivity contribution in [3.05, 3.63) is 51.1 Å². The molecule has 172 valence electrons. The van der Waals surface area contributed by atoms with Crippen LogP contribution in [0.25, 0.3) is 16.0 Å². The minimum absolute atomic E-state index is 0.00404. The van der Waals surface area contributed by atoms with Crippen LogP contribution in [0.15, 0.2) is 39.6 Å². The normalized spacial score (nSPS) is 16.1. The maximum atomic E-state index is 13.1. The summed E-state index contributed by atoms with van der Waals surface area (Å²) in [6, 6.07) is 7.93. The van der Waals surface area contributed by atoms with Crippen LogP contribution in [-0.2, 0) is 22.5 Å². The van der Waals surface area contributed by atoms with Gasteiger partial charge in [-0.05, 0) is 48.8 Å². The number of hydrogen-bond donors (Lipinski definition) is 1. The second-order valence-electron chi connectivity index (χ2n) is 8.10. The molecule has 0 aliphatic carbocycles. The molecule has 1 amide bonds. The molecule has 1 atom stereocenters. The van der Waals surface area contributed by atoms with E-state index in [1.54, 1.807) is 4.57 Å². The molecule has 8 nitrogen and oxygen atoms in total. The van der Waals surface area contributed by atoms with Gasteiger partial charge in [0.1, 0.15) is 4.70 Å². The van der Waals surface area contributed by atoms with Gasteiger partial charge in [-0.1, -0.05) is 36.9 Å². The second kappa shape index (κ2) is 9.28. The maximum absolute atomic E-state index is 13.1. The zero-order valence-corrected chi connectivity index (χ0v) is 20.2. The highest BCUT2D eigenvalue weighted by Gasteiger charge is 2.23. The number of thioether (sulfide) groups is 1. The fourth-order valence-electron chi connectivity index (χ4n) is 4.26. The van der Waals surface area contributed by atoms with E-state index in [1.807, 2.05) is 41.0 Å². The van der Waals surface area contributed by atoms with Crippen molar-refractivity contribution in [2.24, 2.45) is 0 Å². The SMILES string of the molecule is CCc1cccc(C)c1NC(=O)CSc1nnc2n(C[C@H]3CCCO3)c(=O)c3sccc3n12. The molecular weight excluding hydrogens is 458 g/mol. The van der Waals surface area contributed by atoms with Crippen LogP contribution in [0, 0.1) is 6.92 Å². The lowest BCUT2D eigenvalue weighted by atomic mass is 10.1. The highest BCUT2D eigenvalue weighted by molar-refractivity contribution is 7.99. The fourth-order valence-corrected chi connectivity index (χ4v) is 5.82. The van der Waals surface area contributed by atoms with E-state index in [0.29, 0.717) is 22.2 Å². The van der Waals surface area contributed by atoms with Gasteiger partial charge in [0.25, 0.3) is 5.56 Å². The van der Waals surface area contributed by atoms with Gasteiger partial charge in [-0.2, -0.15) is 0 Å². The summed E-state index contributed by atoms with van der Waals surface area (Å²) in [5, 5.41) is 14.2. The van der Waals surface area contributed by atoms with E-state index in [2.05, 4.69) is 22.4 Å². The highest BCUT2D eigenvalue weighted by atomic mass is 32.2. The van der Waals surface area contributed by atoms with Crippen molar-refractivity contribution in [1.82, 2.24) is 19.2 Å². The van der Waals surface area contributed by atoms with Gasteiger partial charge in [0.05, 0.1) is 23.9 Å². The molecule has 1 aromatic carbocycles. The predicted octanol–water partition coefficient (Wildman–Crippen LogP) is 3.89. The largest absolute Gasteiger partial charge is 0.376 e. The van der Waals surface area contributed by atoms with E-state index in [1.165, 1.54) is 23.1 Å². The van der Waals surface area contributed by atoms with Gasteiger partial charge >= 0.3 is 0 Å². The number of fused-ring (bicyclic) bond motifs is 3. The molecule has 0 radical (unpaired) electrons. The highest BCUT2D eigenvalue weighted by Crippen LogP contribution is 2.26. The molecule has 4 heterocycles. The summed E-state index contributed by atoms with van der Waals surface area (Å²) in [5.41, 5.74) is 3.72. The Morgan fingerprint density at radius 2 is 2.21 bits per heavy atom. The van der Waals surface area contributed by atoms with Gasteiger partial charge < -0.3 is 10.1 Å². The molecule has 33 heavy (non-hydrogen) atoms. The third-order valence-electron chi connectivity index (χ3n) is 5.93. The Morgan fingerprint density at radius 1 is 1.33 bits per heavy atom. The summed E-state index contributed by atoms with van der Waals surface area (Å²) in [7, 11) is 0. The van der Waals surface area contributed by atoms with Crippen molar-refractivity contribution in [2.45, 2.75) is 50.9 Å². The Kier molecular flexibility index (Phi) is 6.22. The van der Waals surface area contributed by atoms with Gasteiger partial charge in [-0.25, -0.2) is 0 Å². The third-order valence-corrected chi connectivity index (χ3v) is 7.75. The van der Waals surface area contributed by atoms with Crippen LogP contribution in [-0.4, -0.2) is 43.5 Å². The first-order valence-corrected chi connectivity index (χ1v) is 12.9. The molecule has 0 saturated carbocycles. The fraction of sp³-hybridized carbons (Fsp3) is 0.391. The molecule has 5 rings (SSSR count). The van der Waals surface area contributed by atoms with E-state index in [4.69, 9.17) is 4.74 Å². The Hall–Kier alpha value is -2.69. The number of thiophene rings is 1. The van der Waals surface area contributed by atoms with Gasteiger partial charge in [0.15, 0.2) is 5.16 Å². The standard InChI is InChI=1S/C23H25N5O3S2/c1-3-15-7-4-6-14(2)19(15)24-18(29)13-33-23-26-25-22-27(12-16-8-5-10-31-16)21(30)20-17(28(22)23)9-11-32-20/h4,6-7,9,11,16H,3,5,8,10,12-13H2,1-2H3,(H,24,29)/t16-/m1/s1. The number of para-hydroxylation sites is 1. The van der Waals surface area contributed by atoms with Gasteiger partial charge in [-0.3, -0.25) is 18.6 Å². The topological polar surface area (TPSA) is 90.5 Å². The smallest absolute Gasteiger partial charge is 0.272 e. The van der Waals surface area contributed by atoms with Crippen molar-refractivity contribution in [3.63, 3.8) is 0 Å². The van der Waals surface area contributed by atoms with E-state index < -0.39 is 0 Å². The number of nitrogens with one attached hydrogen (secondary N) is 1. The van der Waals surface area contributed by atoms with Crippen LogP contribution in [0.3, 0.4) is 0 Å². The molecular formula is C23H25N5O3S2. The minimum Gasteiger partial charge on any atom is -0.376 e. The molecule has 10 heteroatoms. The summed E-state index contributed by atoms with van der Waals surface area (Å²) in [6.07, 6.45) is 2.78. The molecule has 1 aliphatic heterocycles. The lowest BCUT2D eigenvalue weighted by Gasteiger charge is -2.14. The summed E-state index contributed by atoms with van der Waals surface area (Å²) in [4.78, 5) is 25.9. The number of nitrogens with zero attached hydrogens (tertiary/aromatic N) is 4. The molecule has 0 unspecified atom stereocenters. The number of carbonyl (C=O) groups is 1. The molecule has 1 N–H and O–H groups in total. The Morgan fingerprint density at radius 3 is 3.00 bits per heavy atom. The first-order chi connectivity index (χ1) is 16.1. The number of hydrogen-bond acceptors (Lipinski definition) is 7. The molecule has 1 saturated heterocycles. The minimum atomic E-state index is -0.102. The molecule has 1 aliphatic rings. The first kappa shape index (κ1) is 22.1. The van der Waals surface area contributed by atoms with Crippen LogP contribution in [0.4, 0.5) is 5.69 Å². The van der Waals surface area contributed by atoms with Crippen LogP contribution in [0.2, 0.25) is 0 Å². The number of amides is 1. The zero-order chi connectivity index (χ0) is 22.9. The number of aromatic nitrogens is 4. The van der Waals surface area contributed by atoms with Crippen LogP contribution in [0.5, 0.6) is 0 Å². The molecule has 3 aromatic heterocycles. The van der Waals surface area contributed by atoms with Crippen LogP contribution in [0.1, 0.15) is 30.9 Å². The number of anilines is 1. The lowest BCUT2D eigenvalue weighted by Crippen LogP contribution is -2.28. The van der Waals surface area contributed by atoms with Crippen molar-refractivity contribution in [1.29, 1.82) is 0 Å². The van der Waals surface area contributed by atoms with E-state index in [0.717, 1.165) is 48.2 Å². The molecule has 1 fully saturated rings. The average Bonchev–Trinajstić information content (AvgIpc) is 3.57. The monoisotopic (exact) mass is 483 g/mol. The third kappa shape index (κ3) is 4.18. The van der Waals surface area contributed by atoms with Crippen LogP contribution < -0.4 is 10.9 Å². The van der Waals surface area contributed by atoms with E-state index in [-0.39, 0.29) is 23.3 Å². The molecule has 0 spiro atoms. The number of benzene rings is 1. The number of rotatable bonds is 7. The quantitative estimate of drug-likeness (QED) is 0.401. The molecule has 4 aromatic rings. The predicted molar refractivity (Wildman–Crippen MR) is 132 cm³/mol. The van der Waals surface area contributed by atoms with Gasteiger partial charge in [-0.15, -0.1) is 21.5 Å². The van der Waals surface area contributed by atoms with Gasteiger partial charge in [0.2, 0.25) is 11.7 Å². The van der Waals surface area contributed by atoms with Crippen molar-refractivity contribution >= 4 is 50.7 Å². The first-order valence-electron chi connectivity index (χ1n) is 11.0. The van der Waals surface area contributed by atoms with E-state index in [9.17, 15) is 9.59 Å². The number of aryl methyl sites for hydroxylation is 2. The average molecular weight is 484 g/mol. The second-order valence-corrected chi connectivity index (χ2v) is 9.96. The summed E-state index contributed by atoms with van der Waals surface area (Å²) in [5.74, 6) is 0.570. The summed E-state index contributed by atoms with van der Waals surface area (Å²) in [6.45, 7) is 5.24. The van der Waals surface area contributed by atoms with Crippen molar-refractivity contribution in [2.75, 3.05) is 17.7 Å². The Labute approximate surface area is 199 Å². The van der Waals surface area contributed by atoms with Crippen molar-refractivity contribution in [3.8, 4) is 0 Å². The summed E-state index contributed by atoms with van der Waals surface area (Å²) >= 11 is 2.72. The van der Waals surface area contributed by atoms with Crippen molar-refractivity contribution < 1.29 is 9.53 Å².